The van der Waals surface area contributed by atoms with Gasteiger partial charge in [0.15, 0.2) is 0 Å². The van der Waals surface area contributed by atoms with Gasteiger partial charge in [0.2, 0.25) is 10.0 Å². The quantitative estimate of drug-likeness (QED) is 0.836. The molecule has 7 heteroatoms. The van der Waals surface area contributed by atoms with Gasteiger partial charge < -0.3 is 9.64 Å². The SMILES string of the molecule is COCC1CCN(C(=O)c2cccc(S(=O)(=O)NC3CCCC3)c2)C1. The predicted octanol–water partition coefficient (Wildman–Crippen LogP) is 2.02. The minimum absolute atomic E-state index is 0.0118. The van der Waals surface area contributed by atoms with Crippen LogP contribution < -0.4 is 4.72 Å². The van der Waals surface area contributed by atoms with Gasteiger partial charge in [-0.15, -0.1) is 0 Å². The molecule has 1 unspecified atom stereocenters. The number of hydrogen-bond acceptors (Lipinski definition) is 4. The summed E-state index contributed by atoms with van der Waals surface area (Å²) < 4.78 is 33.1. The van der Waals surface area contributed by atoms with E-state index in [1.807, 2.05) is 0 Å². The van der Waals surface area contributed by atoms with Crippen LogP contribution in [0.15, 0.2) is 29.2 Å². The lowest BCUT2D eigenvalue weighted by Crippen LogP contribution is -2.33. The van der Waals surface area contributed by atoms with Crippen molar-refractivity contribution in [1.29, 1.82) is 0 Å². The van der Waals surface area contributed by atoms with Gasteiger partial charge in [0.05, 0.1) is 11.5 Å². The third-order valence-electron chi connectivity index (χ3n) is 5.04. The number of amides is 1. The smallest absolute Gasteiger partial charge is 0.253 e. The molecule has 0 bridgehead atoms. The second-order valence-corrected chi connectivity index (χ2v) is 8.71. The summed E-state index contributed by atoms with van der Waals surface area (Å²) in [6.45, 7) is 1.98. The molecule has 1 aliphatic carbocycles. The standard InChI is InChI=1S/C18H26N2O4S/c1-24-13-14-9-10-20(12-14)18(21)15-5-4-8-17(11-15)25(22,23)19-16-6-2-3-7-16/h4-5,8,11,14,16,19H,2-3,6-7,9-10,12-13H2,1H3. The molecule has 3 rings (SSSR count). The molecule has 1 aromatic carbocycles. The number of methoxy groups -OCH3 is 1. The number of carbonyl (C=O) groups is 1. The molecule has 138 valence electrons. The Labute approximate surface area is 149 Å². The summed E-state index contributed by atoms with van der Waals surface area (Å²) in [6, 6.07) is 6.37. The maximum atomic E-state index is 12.7. The van der Waals surface area contributed by atoms with E-state index in [2.05, 4.69) is 4.72 Å². The van der Waals surface area contributed by atoms with Gasteiger partial charge in [-0.1, -0.05) is 18.9 Å². The molecule has 0 spiro atoms. The highest BCUT2D eigenvalue weighted by molar-refractivity contribution is 7.89. The molecule has 25 heavy (non-hydrogen) atoms. The molecule has 1 amide bonds. The summed E-state index contributed by atoms with van der Waals surface area (Å²) in [6.07, 6.45) is 4.80. The Bertz CT molecular complexity index is 714. The third-order valence-corrected chi connectivity index (χ3v) is 6.56. The fourth-order valence-corrected chi connectivity index (χ4v) is 5.05. The van der Waals surface area contributed by atoms with Crippen LogP contribution in [-0.4, -0.2) is 52.1 Å². The van der Waals surface area contributed by atoms with Gasteiger partial charge in [0, 0.05) is 37.7 Å². The fraction of sp³-hybridized carbons (Fsp3) is 0.611. The van der Waals surface area contributed by atoms with E-state index in [-0.39, 0.29) is 16.8 Å². The van der Waals surface area contributed by atoms with E-state index >= 15 is 0 Å². The maximum Gasteiger partial charge on any atom is 0.253 e. The van der Waals surface area contributed by atoms with Crippen molar-refractivity contribution < 1.29 is 17.9 Å². The highest BCUT2D eigenvalue weighted by Crippen LogP contribution is 2.22. The van der Waals surface area contributed by atoms with E-state index in [0.717, 1.165) is 32.1 Å². The molecule has 1 atom stereocenters. The summed E-state index contributed by atoms with van der Waals surface area (Å²) in [5.41, 5.74) is 0.423. The minimum Gasteiger partial charge on any atom is -0.384 e. The second kappa shape index (κ2) is 7.85. The number of sulfonamides is 1. The van der Waals surface area contributed by atoms with E-state index in [1.54, 1.807) is 30.2 Å². The number of hydrogen-bond donors (Lipinski definition) is 1. The Hall–Kier alpha value is -1.44. The maximum absolute atomic E-state index is 12.7. The van der Waals surface area contributed by atoms with Gasteiger partial charge in [-0.3, -0.25) is 4.79 Å². The Kier molecular flexibility index (Phi) is 5.76. The number of carbonyl (C=O) groups excluding carboxylic acids is 1. The van der Waals surface area contributed by atoms with E-state index in [0.29, 0.717) is 31.2 Å². The zero-order valence-electron chi connectivity index (χ0n) is 14.6. The monoisotopic (exact) mass is 366 g/mol. The highest BCUT2D eigenvalue weighted by atomic mass is 32.2. The van der Waals surface area contributed by atoms with Crippen LogP contribution in [0.5, 0.6) is 0 Å². The van der Waals surface area contributed by atoms with Crippen LogP contribution >= 0.6 is 0 Å². The lowest BCUT2D eigenvalue weighted by atomic mass is 10.1. The summed E-state index contributed by atoms with van der Waals surface area (Å²) in [5, 5.41) is 0. The zero-order valence-corrected chi connectivity index (χ0v) is 15.4. The Morgan fingerprint density at radius 1 is 1.28 bits per heavy atom. The first kappa shape index (κ1) is 18.4. The minimum atomic E-state index is -3.58. The van der Waals surface area contributed by atoms with E-state index in [9.17, 15) is 13.2 Å². The van der Waals surface area contributed by atoms with Crippen LogP contribution in [0.1, 0.15) is 42.5 Å². The first-order valence-corrected chi connectivity index (χ1v) is 10.4. The second-order valence-electron chi connectivity index (χ2n) is 6.99. The Balaban J connectivity index is 1.71. The highest BCUT2D eigenvalue weighted by Gasteiger charge is 2.28. The Morgan fingerprint density at radius 3 is 2.76 bits per heavy atom. The van der Waals surface area contributed by atoms with Crippen LogP contribution in [0.3, 0.4) is 0 Å². The Morgan fingerprint density at radius 2 is 2.04 bits per heavy atom. The van der Waals surface area contributed by atoms with Crippen LogP contribution in [0, 0.1) is 5.92 Å². The fourth-order valence-electron chi connectivity index (χ4n) is 3.70. The van der Waals surface area contributed by atoms with Gasteiger partial charge in [0.25, 0.3) is 5.91 Å². The van der Waals surface area contributed by atoms with Crippen LogP contribution in [0.2, 0.25) is 0 Å². The summed E-state index contributed by atoms with van der Waals surface area (Å²) in [7, 11) is -1.92. The van der Waals surface area contributed by atoms with Gasteiger partial charge in [-0.05, 0) is 37.5 Å². The van der Waals surface area contributed by atoms with Crippen molar-refractivity contribution >= 4 is 15.9 Å². The van der Waals surface area contributed by atoms with Gasteiger partial charge in [0.1, 0.15) is 0 Å². The van der Waals surface area contributed by atoms with Crippen molar-refractivity contribution in [1.82, 2.24) is 9.62 Å². The van der Waals surface area contributed by atoms with Crippen molar-refractivity contribution in [3.63, 3.8) is 0 Å². The molecule has 1 aromatic rings. The molecule has 0 aromatic heterocycles. The number of rotatable bonds is 6. The van der Waals surface area contributed by atoms with Crippen molar-refractivity contribution in [2.75, 3.05) is 26.8 Å². The number of nitrogens with one attached hydrogen (secondary N) is 1. The van der Waals surface area contributed by atoms with Crippen molar-refractivity contribution in [2.24, 2.45) is 5.92 Å². The van der Waals surface area contributed by atoms with Gasteiger partial charge in [-0.2, -0.15) is 0 Å². The molecule has 1 heterocycles. The lowest BCUT2D eigenvalue weighted by molar-refractivity contribution is 0.0775. The van der Waals surface area contributed by atoms with Gasteiger partial charge >= 0.3 is 0 Å². The lowest BCUT2D eigenvalue weighted by Gasteiger charge is -2.17. The average Bonchev–Trinajstić information content (AvgIpc) is 3.26. The summed E-state index contributed by atoms with van der Waals surface area (Å²) in [5.74, 6) is 0.237. The largest absolute Gasteiger partial charge is 0.384 e. The molecule has 1 N–H and O–H groups in total. The molecule has 2 fully saturated rings. The molecule has 2 aliphatic rings. The molecule has 1 aliphatic heterocycles. The molecular formula is C18H26N2O4S. The average molecular weight is 366 g/mol. The molecule has 0 radical (unpaired) electrons. The van der Waals surface area contributed by atoms with Crippen LogP contribution in [0.4, 0.5) is 0 Å². The first-order chi connectivity index (χ1) is 12.0. The van der Waals surface area contributed by atoms with Gasteiger partial charge in [-0.25, -0.2) is 13.1 Å². The third kappa shape index (κ3) is 4.40. The number of ether oxygens (including phenoxy) is 1. The first-order valence-electron chi connectivity index (χ1n) is 8.90. The van der Waals surface area contributed by atoms with Crippen molar-refractivity contribution in [2.45, 2.75) is 43.0 Å². The summed E-state index contributed by atoms with van der Waals surface area (Å²) in [4.78, 5) is 14.6. The van der Waals surface area contributed by atoms with E-state index in [1.165, 1.54) is 6.07 Å². The van der Waals surface area contributed by atoms with Crippen LogP contribution in [0.25, 0.3) is 0 Å². The van der Waals surface area contributed by atoms with E-state index in [4.69, 9.17) is 4.74 Å². The molecule has 1 saturated heterocycles. The molecular weight excluding hydrogens is 340 g/mol. The van der Waals surface area contributed by atoms with E-state index < -0.39 is 10.0 Å². The number of benzene rings is 1. The number of nitrogens with zero attached hydrogens (tertiary/aromatic N) is 1. The zero-order chi connectivity index (χ0) is 17.9. The van der Waals surface area contributed by atoms with Crippen molar-refractivity contribution in [3.8, 4) is 0 Å². The topological polar surface area (TPSA) is 75.7 Å². The molecule has 1 saturated carbocycles. The summed E-state index contributed by atoms with van der Waals surface area (Å²) >= 11 is 0. The van der Waals surface area contributed by atoms with Crippen LogP contribution in [-0.2, 0) is 14.8 Å². The number of likely N-dealkylation sites (tertiary alicyclic amines) is 1. The predicted molar refractivity (Wildman–Crippen MR) is 94.9 cm³/mol. The van der Waals surface area contributed by atoms with Crippen molar-refractivity contribution in [3.05, 3.63) is 29.8 Å². The normalized spacial score (nSPS) is 21.8. The molecule has 6 nitrogen and oxygen atoms in total.